The van der Waals surface area contributed by atoms with Gasteiger partial charge >= 0.3 is 6.03 Å². The summed E-state index contributed by atoms with van der Waals surface area (Å²) < 4.78 is 5.52. The molecule has 0 unspecified atom stereocenters. The van der Waals surface area contributed by atoms with Crippen LogP contribution in [-0.2, 0) is 10.2 Å². The summed E-state index contributed by atoms with van der Waals surface area (Å²) in [6.07, 6.45) is 7.34. The molecule has 4 aliphatic heterocycles. The van der Waals surface area contributed by atoms with E-state index in [4.69, 9.17) is 9.72 Å². The molecule has 5 heterocycles. The number of carbonyl (C=O) groups excluding carboxylic acids is 1. The van der Waals surface area contributed by atoms with Crippen LogP contribution in [0.3, 0.4) is 0 Å². The number of hydrogen-bond donors (Lipinski definition) is 0. The second-order valence-electron chi connectivity index (χ2n) is 11.4. The smallest absolute Gasteiger partial charge is 0.324 e. The van der Waals surface area contributed by atoms with Crippen LogP contribution < -0.4 is 4.90 Å². The standard InChI is InChI=1S/C26H40N4O2/c1-20-4-5-22-23(27-20)25(2,3)19-30(22)24(31)29-14-10-26(11-15-29)8-12-28(13-9-26)18-21-6-16-32-17-7-21/h4-5,21H,6-19H2,1-3H3. The summed E-state index contributed by atoms with van der Waals surface area (Å²) in [4.78, 5) is 25.0. The van der Waals surface area contributed by atoms with Crippen molar-refractivity contribution in [2.24, 2.45) is 11.3 Å². The Hall–Kier alpha value is -1.66. The first-order valence-corrected chi connectivity index (χ1v) is 12.7. The number of urea groups is 1. The number of nitrogens with zero attached hydrogens (tertiary/aromatic N) is 4. The van der Waals surface area contributed by atoms with Crippen molar-refractivity contribution < 1.29 is 9.53 Å². The number of hydrogen-bond acceptors (Lipinski definition) is 4. The fourth-order valence-corrected chi connectivity index (χ4v) is 6.34. The third kappa shape index (κ3) is 4.28. The molecule has 3 fully saturated rings. The van der Waals surface area contributed by atoms with Gasteiger partial charge in [-0.2, -0.15) is 0 Å². The SMILES string of the molecule is Cc1ccc2c(n1)C(C)(C)CN2C(=O)N1CCC2(CCN(CC3CCOCC3)CC2)CC1. The van der Waals surface area contributed by atoms with Crippen molar-refractivity contribution >= 4 is 11.7 Å². The molecule has 0 radical (unpaired) electrons. The number of carbonyl (C=O) groups is 1. The highest BCUT2D eigenvalue weighted by Crippen LogP contribution is 2.43. The topological polar surface area (TPSA) is 48.9 Å². The van der Waals surface area contributed by atoms with Gasteiger partial charge in [-0.25, -0.2) is 4.79 Å². The average Bonchev–Trinajstić information content (AvgIpc) is 3.06. The van der Waals surface area contributed by atoms with Crippen molar-refractivity contribution in [2.45, 2.75) is 64.7 Å². The van der Waals surface area contributed by atoms with E-state index >= 15 is 0 Å². The van der Waals surface area contributed by atoms with Crippen molar-refractivity contribution in [1.82, 2.24) is 14.8 Å². The van der Waals surface area contributed by atoms with E-state index in [1.54, 1.807) is 0 Å². The number of anilines is 1. The van der Waals surface area contributed by atoms with Gasteiger partial charge in [0.1, 0.15) is 0 Å². The monoisotopic (exact) mass is 440 g/mol. The molecule has 1 spiro atoms. The minimum Gasteiger partial charge on any atom is -0.381 e. The van der Waals surface area contributed by atoms with Crippen LogP contribution in [0.4, 0.5) is 10.5 Å². The number of likely N-dealkylation sites (tertiary alicyclic amines) is 2. The van der Waals surface area contributed by atoms with Crippen LogP contribution in [0.5, 0.6) is 0 Å². The molecule has 5 rings (SSSR count). The van der Waals surface area contributed by atoms with Crippen molar-refractivity contribution in [3.63, 3.8) is 0 Å². The normalized spacial score (nSPS) is 25.8. The lowest BCUT2D eigenvalue weighted by atomic mass is 9.71. The minimum absolute atomic E-state index is 0.0920. The molecule has 0 saturated carbocycles. The van der Waals surface area contributed by atoms with Gasteiger partial charge in [-0.3, -0.25) is 9.88 Å². The van der Waals surface area contributed by atoms with E-state index in [1.165, 1.54) is 45.3 Å². The van der Waals surface area contributed by atoms with E-state index in [0.717, 1.165) is 68.7 Å². The lowest BCUT2D eigenvalue weighted by molar-refractivity contribution is 0.0196. The Balaban J connectivity index is 1.16. The fourth-order valence-electron chi connectivity index (χ4n) is 6.34. The van der Waals surface area contributed by atoms with Gasteiger partial charge < -0.3 is 14.5 Å². The molecule has 3 saturated heterocycles. The van der Waals surface area contributed by atoms with Gasteiger partial charge in [-0.05, 0) is 82.0 Å². The van der Waals surface area contributed by atoms with Gasteiger partial charge in [0.15, 0.2) is 0 Å². The van der Waals surface area contributed by atoms with Crippen LogP contribution in [-0.4, -0.2) is 73.3 Å². The highest BCUT2D eigenvalue weighted by atomic mass is 16.5. The quantitative estimate of drug-likeness (QED) is 0.691. The Morgan fingerprint density at radius 1 is 1.06 bits per heavy atom. The number of amides is 2. The van der Waals surface area contributed by atoms with Gasteiger partial charge in [-0.1, -0.05) is 13.8 Å². The summed E-state index contributed by atoms with van der Waals surface area (Å²) in [6, 6.07) is 4.29. The van der Waals surface area contributed by atoms with Crippen molar-refractivity contribution in [1.29, 1.82) is 0 Å². The number of pyridine rings is 1. The summed E-state index contributed by atoms with van der Waals surface area (Å²) in [5, 5.41) is 0. The second kappa shape index (κ2) is 8.60. The highest BCUT2D eigenvalue weighted by Gasteiger charge is 2.43. The Morgan fingerprint density at radius 3 is 2.41 bits per heavy atom. The predicted octanol–water partition coefficient (Wildman–Crippen LogP) is 4.21. The van der Waals surface area contributed by atoms with Crippen molar-refractivity contribution in [2.75, 3.05) is 57.4 Å². The zero-order valence-corrected chi connectivity index (χ0v) is 20.2. The Kier molecular flexibility index (Phi) is 5.95. The molecule has 1 aromatic rings. The zero-order chi connectivity index (χ0) is 22.3. The number of piperidine rings is 2. The highest BCUT2D eigenvalue weighted by molar-refractivity contribution is 5.94. The van der Waals surface area contributed by atoms with E-state index in [9.17, 15) is 4.79 Å². The summed E-state index contributed by atoms with van der Waals surface area (Å²) in [6.45, 7) is 14.5. The van der Waals surface area contributed by atoms with E-state index in [0.29, 0.717) is 5.41 Å². The number of ether oxygens (including phenoxy) is 1. The zero-order valence-electron chi connectivity index (χ0n) is 20.2. The molecule has 6 heteroatoms. The van der Waals surface area contributed by atoms with Gasteiger partial charge in [0, 0.05) is 50.5 Å². The summed E-state index contributed by atoms with van der Waals surface area (Å²) in [7, 11) is 0. The molecule has 0 aromatic carbocycles. The van der Waals surface area contributed by atoms with Crippen LogP contribution in [0.1, 0.15) is 63.8 Å². The molecule has 176 valence electrons. The van der Waals surface area contributed by atoms with Crippen LogP contribution >= 0.6 is 0 Å². The lowest BCUT2D eigenvalue weighted by Gasteiger charge is -2.48. The van der Waals surface area contributed by atoms with Gasteiger partial charge in [0.25, 0.3) is 0 Å². The third-order valence-electron chi connectivity index (χ3n) is 8.60. The maximum absolute atomic E-state index is 13.5. The van der Waals surface area contributed by atoms with Crippen LogP contribution in [0.2, 0.25) is 0 Å². The minimum atomic E-state index is -0.0920. The first-order chi connectivity index (χ1) is 15.4. The molecule has 2 amide bonds. The molecule has 6 nitrogen and oxygen atoms in total. The summed E-state index contributed by atoms with van der Waals surface area (Å²) in [5.74, 6) is 0.822. The number of aryl methyl sites for hydroxylation is 1. The van der Waals surface area contributed by atoms with Crippen molar-refractivity contribution in [3.05, 3.63) is 23.5 Å². The maximum Gasteiger partial charge on any atom is 0.324 e. The molecule has 0 aliphatic carbocycles. The first-order valence-electron chi connectivity index (χ1n) is 12.7. The third-order valence-corrected chi connectivity index (χ3v) is 8.60. The first kappa shape index (κ1) is 22.1. The molecule has 32 heavy (non-hydrogen) atoms. The predicted molar refractivity (Wildman–Crippen MR) is 127 cm³/mol. The Labute approximate surface area is 193 Å². The molecule has 0 atom stereocenters. The Bertz CT molecular complexity index is 830. The van der Waals surface area contributed by atoms with E-state index in [2.05, 4.69) is 29.7 Å². The number of rotatable bonds is 2. The maximum atomic E-state index is 13.5. The summed E-state index contributed by atoms with van der Waals surface area (Å²) in [5.41, 5.74) is 3.45. The van der Waals surface area contributed by atoms with Gasteiger partial charge in [-0.15, -0.1) is 0 Å². The van der Waals surface area contributed by atoms with Crippen LogP contribution in [0.25, 0.3) is 0 Å². The summed E-state index contributed by atoms with van der Waals surface area (Å²) >= 11 is 0. The lowest BCUT2D eigenvalue weighted by Crippen LogP contribution is -2.52. The molecular formula is C26H40N4O2. The van der Waals surface area contributed by atoms with E-state index in [-0.39, 0.29) is 11.4 Å². The average molecular weight is 441 g/mol. The number of fused-ring (bicyclic) bond motifs is 1. The van der Waals surface area contributed by atoms with Crippen LogP contribution in [0, 0.1) is 18.3 Å². The molecular weight excluding hydrogens is 400 g/mol. The van der Waals surface area contributed by atoms with Crippen molar-refractivity contribution in [3.8, 4) is 0 Å². The molecule has 0 bridgehead atoms. The largest absolute Gasteiger partial charge is 0.381 e. The van der Waals surface area contributed by atoms with Gasteiger partial charge in [0.2, 0.25) is 0 Å². The second-order valence-corrected chi connectivity index (χ2v) is 11.4. The van der Waals surface area contributed by atoms with Crippen LogP contribution in [0.15, 0.2) is 12.1 Å². The van der Waals surface area contributed by atoms with E-state index < -0.39 is 0 Å². The Morgan fingerprint density at radius 2 is 1.72 bits per heavy atom. The molecule has 4 aliphatic rings. The number of aromatic nitrogens is 1. The van der Waals surface area contributed by atoms with E-state index in [1.807, 2.05) is 17.9 Å². The molecule has 0 N–H and O–H groups in total. The van der Waals surface area contributed by atoms with Gasteiger partial charge in [0.05, 0.1) is 11.4 Å². The molecule has 1 aromatic heterocycles. The fraction of sp³-hybridized carbons (Fsp3) is 0.769.